The number of carbonyl (C=O) groups excluding carboxylic acids is 4. The minimum absolute atomic E-state index is 0.0553. The van der Waals surface area contributed by atoms with Gasteiger partial charge in [0.05, 0.1) is 19.1 Å². The highest BCUT2D eigenvalue weighted by molar-refractivity contribution is 5.72. The highest BCUT2D eigenvalue weighted by Gasteiger charge is 2.69. The van der Waals surface area contributed by atoms with Crippen molar-refractivity contribution >= 4 is 23.9 Å². The molecule has 12 nitrogen and oxygen atoms in total. The smallest absolute Gasteiger partial charge is 0.308 e. The van der Waals surface area contributed by atoms with Gasteiger partial charge in [-0.1, -0.05) is 34.6 Å². The van der Waals surface area contributed by atoms with Gasteiger partial charge in [-0.25, -0.2) is 0 Å². The van der Waals surface area contributed by atoms with Crippen LogP contribution in [0.3, 0.4) is 0 Å². The van der Waals surface area contributed by atoms with Gasteiger partial charge in [-0.2, -0.15) is 19.6 Å². The minimum atomic E-state index is -1.11. The van der Waals surface area contributed by atoms with E-state index >= 15 is 0 Å². The lowest BCUT2D eigenvalue weighted by Crippen LogP contribution is -2.65. The van der Waals surface area contributed by atoms with Gasteiger partial charge in [-0.3, -0.25) is 19.2 Å². The van der Waals surface area contributed by atoms with E-state index in [0.29, 0.717) is 77.4 Å². The quantitative estimate of drug-likeness (QED) is 0.117. The number of carbonyl (C=O) groups is 4. The van der Waals surface area contributed by atoms with Crippen molar-refractivity contribution in [2.75, 3.05) is 13.2 Å². The molecular weight excluding hydrogens is 684 g/mol. The summed E-state index contributed by atoms with van der Waals surface area (Å²) in [6.45, 7) is 14.7. The fourth-order valence-corrected chi connectivity index (χ4v) is 11.9. The van der Waals surface area contributed by atoms with Crippen molar-refractivity contribution in [3.8, 4) is 0 Å². The van der Waals surface area contributed by atoms with Gasteiger partial charge in [0.2, 0.25) is 11.6 Å². The maximum absolute atomic E-state index is 12.8. The molecule has 10 atom stereocenters. The molecular formula is C41H64O12. The van der Waals surface area contributed by atoms with E-state index in [-0.39, 0.29) is 88.3 Å². The van der Waals surface area contributed by atoms with Crippen LogP contribution < -0.4 is 0 Å². The molecule has 12 heteroatoms. The second-order valence-corrected chi connectivity index (χ2v) is 17.8. The van der Waals surface area contributed by atoms with Crippen LogP contribution in [0.25, 0.3) is 0 Å². The summed E-state index contributed by atoms with van der Waals surface area (Å²) < 4.78 is 23.3. The van der Waals surface area contributed by atoms with E-state index < -0.39 is 11.6 Å². The Morgan fingerprint density at radius 3 is 2.04 bits per heavy atom. The van der Waals surface area contributed by atoms with E-state index in [1.807, 2.05) is 13.8 Å². The van der Waals surface area contributed by atoms with Crippen molar-refractivity contribution in [1.82, 2.24) is 0 Å². The Morgan fingerprint density at radius 2 is 1.40 bits per heavy atom. The third-order valence-electron chi connectivity index (χ3n) is 14.6. The molecule has 0 bridgehead atoms. The summed E-state index contributed by atoms with van der Waals surface area (Å²) in [4.78, 5) is 74.9. The third-order valence-corrected chi connectivity index (χ3v) is 14.6. The first-order valence-electron chi connectivity index (χ1n) is 20.6. The summed E-state index contributed by atoms with van der Waals surface area (Å²) in [7, 11) is 0. The molecule has 6 fully saturated rings. The monoisotopic (exact) mass is 748 g/mol. The molecule has 1 saturated heterocycles. The number of ether oxygens (including phenoxy) is 4. The summed E-state index contributed by atoms with van der Waals surface area (Å²) in [5, 5.41) is 0. The van der Waals surface area contributed by atoms with E-state index in [0.717, 1.165) is 32.1 Å². The molecule has 0 radical (unpaired) electrons. The largest absolute Gasteiger partial charge is 0.466 e. The van der Waals surface area contributed by atoms with Gasteiger partial charge in [0.15, 0.2) is 0 Å². The molecule has 1 aliphatic heterocycles. The summed E-state index contributed by atoms with van der Waals surface area (Å²) in [6, 6.07) is 0. The van der Waals surface area contributed by atoms with Crippen LogP contribution in [0.15, 0.2) is 0 Å². The second kappa shape index (κ2) is 16.1. The van der Waals surface area contributed by atoms with Crippen molar-refractivity contribution in [2.45, 2.75) is 169 Å². The number of hydrogen-bond donors (Lipinski definition) is 0. The summed E-state index contributed by atoms with van der Waals surface area (Å²) >= 11 is 0. The third kappa shape index (κ3) is 7.90. The Balaban J connectivity index is 1.19. The van der Waals surface area contributed by atoms with Gasteiger partial charge in [0.25, 0.3) is 0 Å². The molecule has 5 aliphatic carbocycles. The van der Waals surface area contributed by atoms with E-state index in [1.54, 1.807) is 0 Å². The molecule has 0 unspecified atom stereocenters. The highest BCUT2D eigenvalue weighted by Crippen LogP contribution is 2.70. The van der Waals surface area contributed by atoms with Crippen LogP contribution in [-0.2, 0) is 57.7 Å². The molecule has 0 aromatic carbocycles. The van der Waals surface area contributed by atoms with Crippen LogP contribution >= 0.6 is 0 Å². The maximum atomic E-state index is 12.8. The van der Waals surface area contributed by atoms with Crippen molar-refractivity contribution in [3.05, 3.63) is 0 Å². The molecule has 0 N–H and O–H groups in total. The van der Waals surface area contributed by atoms with Crippen LogP contribution in [0.5, 0.6) is 0 Å². The fraction of sp³-hybridized carbons (Fsp3) is 0.902. The van der Waals surface area contributed by atoms with E-state index in [1.165, 1.54) is 13.8 Å². The molecule has 0 amide bonds. The lowest BCUT2D eigenvalue weighted by atomic mass is 9.42. The Hall–Kier alpha value is -2.28. The van der Waals surface area contributed by atoms with E-state index in [2.05, 4.69) is 20.8 Å². The van der Waals surface area contributed by atoms with E-state index in [4.69, 9.17) is 38.5 Å². The molecule has 6 aliphatic rings. The lowest BCUT2D eigenvalue weighted by Gasteiger charge is -2.65. The molecule has 0 aromatic rings. The van der Waals surface area contributed by atoms with Gasteiger partial charge in [0.1, 0.15) is 12.2 Å². The van der Waals surface area contributed by atoms with Crippen molar-refractivity contribution in [1.29, 1.82) is 0 Å². The second-order valence-electron chi connectivity index (χ2n) is 17.8. The van der Waals surface area contributed by atoms with Gasteiger partial charge >= 0.3 is 23.9 Å². The molecule has 2 spiro atoms. The van der Waals surface area contributed by atoms with Gasteiger partial charge in [-0.05, 0) is 99.2 Å². The predicted molar refractivity (Wildman–Crippen MR) is 190 cm³/mol. The van der Waals surface area contributed by atoms with Crippen LogP contribution in [-0.4, -0.2) is 60.9 Å². The summed E-state index contributed by atoms with van der Waals surface area (Å²) in [5.41, 5.74) is -0.508. The van der Waals surface area contributed by atoms with Gasteiger partial charge < -0.3 is 18.9 Å². The Labute approximate surface area is 315 Å². The first-order chi connectivity index (χ1) is 25.2. The lowest BCUT2D eigenvalue weighted by molar-refractivity contribution is -0.665. The normalized spacial score (nSPS) is 42.5. The standard InChI is InChI=1S/C41H64O12/c1-8-20-46-35(44)13-10-25(3)30-11-12-31-36-32(23-34(39(30,31)7)49-27(5)43)38(6)18-19-41(24-29(38)22-33(36)48-26(4)42)52-50-40(51-53-41)16-14-28(15-17-40)37(45)47-21-9-2/h25,28-34,36H,8-24H2,1-7H3/t25-,28?,29-,30-,31+,32+,33-,34+,36+,38+,39-,40?,41?/m1/s1. The topological polar surface area (TPSA) is 142 Å². The predicted octanol–water partition coefficient (Wildman–Crippen LogP) is 7.54. The SMILES string of the molecule is CCCOC(=O)CC[C@@H](C)[C@H]1CC[C@H]2[C@@H]3[C@H](OC(C)=O)C[C@@H]4CC5(CC[C@]4(C)[C@H]3C[C@H](OC(C)=O)[C@]12C)OOC1(CCC(C(=O)OCCC)CC1)OO5. The average Bonchev–Trinajstić information content (AvgIpc) is 3.49. The number of hydrogen-bond acceptors (Lipinski definition) is 12. The van der Waals surface area contributed by atoms with Gasteiger partial charge in [0, 0.05) is 57.3 Å². The van der Waals surface area contributed by atoms with E-state index in [9.17, 15) is 19.2 Å². The highest BCUT2D eigenvalue weighted by atomic mass is 17.4. The first-order valence-corrected chi connectivity index (χ1v) is 20.6. The Kier molecular flexibility index (Phi) is 12.2. The molecule has 0 aromatic heterocycles. The van der Waals surface area contributed by atoms with Crippen LogP contribution in [0.1, 0.15) is 145 Å². The molecule has 5 saturated carbocycles. The van der Waals surface area contributed by atoms with Crippen molar-refractivity contribution in [2.24, 2.45) is 52.3 Å². The Bertz CT molecular complexity index is 1330. The fourth-order valence-electron chi connectivity index (χ4n) is 11.9. The van der Waals surface area contributed by atoms with Crippen LogP contribution in [0.4, 0.5) is 0 Å². The van der Waals surface area contributed by atoms with Crippen molar-refractivity contribution in [3.63, 3.8) is 0 Å². The number of esters is 4. The minimum Gasteiger partial charge on any atom is -0.466 e. The van der Waals surface area contributed by atoms with Crippen LogP contribution in [0.2, 0.25) is 0 Å². The first kappa shape index (κ1) is 40.4. The van der Waals surface area contributed by atoms with Gasteiger partial charge in [-0.15, -0.1) is 0 Å². The summed E-state index contributed by atoms with van der Waals surface area (Å²) in [6.07, 6.45) is 9.13. The average molecular weight is 749 g/mol. The summed E-state index contributed by atoms with van der Waals surface area (Å²) in [5.74, 6) is -2.38. The zero-order chi connectivity index (χ0) is 38.2. The Morgan fingerprint density at radius 1 is 0.755 bits per heavy atom. The van der Waals surface area contributed by atoms with Crippen molar-refractivity contribution < 1.29 is 57.7 Å². The maximum Gasteiger partial charge on any atom is 0.308 e. The molecule has 300 valence electrons. The molecule has 6 rings (SSSR count). The zero-order valence-corrected chi connectivity index (χ0v) is 33.1. The molecule has 53 heavy (non-hydrogen) atoms. The number of fused-ring (bicyclic) bond motifs is 5. The molecule has 1 heterocycles. The number of rotatable bonds is 11. The van der Waals surface area contributed by atoms with Crippen LogP contribution in [0, 0.1) is 52.3 Å². The zero-order valence-electron chi connectivity index (χ0n) is 33.1.